The lowest BCUT2D eigenvalue weighted by molar-refractivity contribution is 0.0593. The van der Waals surface area contributed by atoms with Crippen LogP contribution in [0.15, 0.2) is 0 Å². The molecule has 0 radical (unpaired) electrons. The van der Waals surface area contributed by atoms with Crippen molar-refractivity contribution in [3.05, 3.63) is 0 Å². The summed E-state index contributed by atoms with van der Waals surface area (Å²) in [6.07, 6.45) is 13.1. The van der Waals surface area contributed by atoms with Gasteiger partial charge in [-0.2, -0.15) is 0 Å². The van der Waals surface area contributed by atoms with E-state index in [4.69, 9.17) is 0 Å². The molecule has 0 aromatic rings. The van der Waals surface area contributed by atoms with Crippen molar-refractivity contribution in [3.63, 3.8) is 0 Å². The molecule has 1 heterocycles. The van der Waals surface area contributed by atoms with Crippen LogP contribution in [0.4, 0.5) is 0 Å². The maximum Gasteiger partial charge on any atom is 0.0113 e. The first-order chi connectivity index (χ1) is 10.3. The molecule has 0 spiro atoms. The molecule has 4 aliphatic rings. The fraction of sp³-hybridized carbons (Fsp3) is 1.00. The summed E-state index contributed by atoms with van der Waals surface area (Å²) in [7, 11) is 0. The fourth-order valence-corrected chi connectivity index (χ4v) is 4.54. The minimum Gasteiger partial charge on any atom is -0.313 e. The number of rotatable bonds is 6. The zero-order chi connectivity index (χ0) is 14.1. The third-order valence-corrected chi connectivity index (χ3v) is 6.29. The largest absolute Gasteiger partial charge is 0.313 e. The summed E-state index contributed by atoms with van der Waals surface area (Å²) in [5.41, 5.74) is 0.600. The summed E-state index contributed by atoms with van der Waals surface area (Å²) in [6.45, 7) is 7.96. The van der Waals surface area contributed by atoms with E-state index in [1.807, 2.05) is 0 Å². The van der Waals surface area contributed by atoms with Gasteiger partial charge in [0, 0.05) is 51.4 Å². The summed E-state index contributed by atoms with van der Waals surface area (Å²) in [5.74, 6) is 0. The second-order valence-corrected chi connectivity index (χ2v) is 8.26. The Morgan fingerprint density at radius 3 is 2.19 bits per heavy atom. The first-order valence-corrected chi connectivity index (χ1v) is 9.53. The predicted molar refractivity (Wildman–Crippen MR) is 87.6 cm³/mol. The normalized spacial score (nSPS) is 31.4. The highest BCUT2D eigenvalue weighted by Crippen LogP contribution is 2.38. The number of hydrogen-bond acceptors (Lipinski definition) is 3. The van der Waals surface area contributed by atoms with Gasteiger partial charge in [-0.3, -0.25) is 4.90 Å². The molecule has 21 heavy (non-hydrogen) atoms. The number of hydrogen-bond donors (Lipinski definition) is 1. The Morgan fingerprint density at radius 2 is 1.57 bits per heavy atom. The van der Waals surface area contributed by atoms with Gasteiger partial charge in [-0.15, -0.1) is 0 Å². The van der Waals surface area contributed by atoms with Crippen LogP contribution >= 0.6 is 0 Å². The molecule has 0 aromatic carbocycles. The fourth-order valence-electron chi connectivity index (χ4n) is 4.54. The molecule has 0 atom stereocenters. The SMILES string of the molecule is C1CCC(CNC2CC2)(CN2CCN(C3CC3)CC2)CC1. The zero-order valence-electron chi connectivity index (χ0n) is 13.7. The molecule has 4 rings (SSSR count). The van der Waals surface area contributed by atoms with Crippen LogP contribution in [0.5, 0.6) is 0 Å². The zero-order valence-corrected chi connectivity index (χ0v) is 13.7. The quantitative estimate of drug-likeness (QED) is 0.811. The van der Waals surface area contributed by atoms with Crippen molar-refractivity contribution in [1.29, 1.82) is 0 Å². The standard InChI is InChI=1S/C18H33N3/c1-2-8-18(9-3-1,14-19-16-4-5-16)15-20-10-12-21(13-11-20)17-6-7-17/h16-17,19H,1-15H2. The van der Waals surface area contributed by atoms with Gasteiger partial charge in [0.25, 0.3) is 0 Å². The molecule has 1 N–H and O–H groups in total. The molecule has 120 valence electrons. The van der Waals surface area contributed by atoms with E-state index in [1.54, 1.807) is 0 Å². The molecule has 0 bridgehead atoms. The van der Waals surface area contributed by atoms with Gasteiger partial charge in [-0.1, -0.05) is 19.3 Å². The lowest BCUT2D eigenvalue weighted by atomic mass is 9.73. The van der Waals surface area contributed by atoms with Crippen LogP contribution in [-0.2, 0) is 0 Å². The molecular weight excluding hydrogens is 258 g/mol. The van der Waals surface area contributed by atoms with Crippen molar-refractivity contribution >= 4 is 0 Å². The average Bonchev–Trinajstić information content (AvgIpc) is 3.40. The van der Waals surface area contributed by atoms with Crippen LogP contribution in [0.1, 0.15) is 57.8 Å². The van der Waals surface area contributed by atoms with Gasteiger partial charge in [0.2, 0.25) is 0 Å². The summed E-state index contributed by atoms with van der Waals surface area (Å²) in [4.78, 5) is 5.53. The van der Waals surface area contributed by atoms with Gasteiger partial charge in [-0.05, 0) is 43.9 Å². The van der Waals surface area contributed by atoms with Gasteiger partial charge in [0.1, 0.15) is 0 Å². The van der Waals surface area contributed by atoms with Gasteiger partial charge in [0.15, 0.2) is 0 Å². The first kappa shape index (κ1) is 14.5. The average molecular weight is 291 g/mol. The summed E-state index contributed by atoms with van der Waals surface area (Å²) in [6, 6.07) is 1.84. The lowest BCUT2D eigenvalue weighted by Crippen LogP contribution is -2.52. The third kappa shape index (κ3) is 3.80. The Hall–Kier alpha value is -0.120. The molecule has 3 aliphatic carbocycles. The van der Waals surface area contributed by atoms with E-state index in [9.17, 15) is 0 Å². The van der Waals surface area contributed by atoms with E-state index in [0.717, 1.165) is 12.1 Å². The van der Waals surface area contributed by atoms with Crippen molar-refractivity contribution in [2.75, 3.05) is 39.3 Å². The number of nitrogens with zero attached hydrogens (tertiary/aromatic N) is 2. The minimum absolute atomic E-state index is 0.600. The Balaban J connectivity index is 1.30. The van der Waals surface area contributed by atoms with Crippen LogP contribution < -0.4 is 5.32 Å². The van der Waals surface area contributed by atoms with E-state index in [1.165, 1.54) is 97.1 Å². The topological polar surface area (TPSA) is 18.5 Å². The summed E-state index contributed by atoms with van der Waals surface area (Å²) < 4.78 is 0. The van der Waals surface area contributed by atoms with Crippen molar-refractivity contribution in [2.24, 2.45) is 5.41 Å². The number of nitrogens with one attached hydrogen (secondary N) is 1. The Labute approximate surface area is 130 Å². The smallest absolute Gasteiger partial charge is 0.0113 e. The monoisotopic (exact) mass is 291 g/mol. The Kier molecular flexibility index (Phi) is 4.25. The molecule has 0 amide bonds. The summed E-state index contributed by atoms with van der Waals surface area (Å²) in [5, 5.41) is 3.86. The highest BCUT2D eigenvalue weighted by molar-refractivity contribution is 4.93. The van der Waals surface area contributed by atoms with E-state index in [0.29, 0.717) is 5.41 Å². The highest BCUT2D eigenvalue weighted by Gasteiger charge is 2.37. The Bertz CT molecular complexity index is 334. The van der Waals surface area contributed by atoms with Crippen LogP contribution in [0.25, 0.3) is 0 Å². The lowest BCUT2D eigenvalue weighted by Gasteiger charge is -2.44. The maximum absolute atomic E-state index is 3.86. The molecule has 4 fully saturated rings. The van der Waals surface area contributed by atoms with Crippen LogP contribution in [0.3, 0.4) is 0 Å². The number of piperazine rings is 1. The predicted octanol–water partition coefficient (Wildman–Crippen LogP) is 2.47. The van der Waals surface area contributed by atoms with Gasteiger partial charge >= 0.3 is 0 Å². The van der Waals surface area contributed by atoms with Crippen LogP contribution in [-0.4, -0.2) is 61.2 Å². The second-order valence-electron chi connectivity index (χ2n) is 8.26. The molecule has 0 aromatic heterocycles. The Morgan fingerprint density at radius 1 is 0.857 bits per heavy atom. The molecule has 3 heteroatoms. The third-order valence-electron chi connectivity index (χ3n) is 6.29. The van der Waals surface area contributed by atoms with Crippen molar-refractivity contribution < 1.29 is 0 Å². The van der Waals surface area contributed by atoms with E-state index < -0.39 is 0 Å². The first-order valence-electron chi connectivity index (χ1n) is 9.53. The molecule has 3 saturated carbocycles. The van der Waals surface area contributed by atoms with E-state index in [-0.39, 0.29) is 0 Å². The van der Waals surface area contributed by atoms with Crippen LogP contribution in [0, 0.1) is 5.41 Å². The molecule has 1 saturated heterocycles. The highest BCUT2D eigenvalue weighted by atomic mass is 15.3. The van der Waals surface area contributed by atoms with Crippen LogP contribution in [0.2, 0.25) is 0 Å². The molecule has 0 unspecified atom stereocenters. The second kappa shape index (κ2) is 6.17. The van der Waals surface area contributed by atoms with Gasteiger partial charge in [-0.25, -0.2) is 0 Å². The van der Waals surface area contributed by atoms with Gasteiger partial charge < -0.3 is 10.2 Å². The van der Waals surface area contributed by atoms with Crippen molar-refractivity contribution in [1.82, 2.24) is 15.1 Å². The van der Waals surface area contributed by atoms with Crippen molar-refractivity contribution in [3.8, 4) is 0 Å². The molecule has 3 nitrogen and oxygen atoms in total. The van der Waals surface area contributed by atoms with E-state index in [2.05, 4.69) is 15.1 Å². The minimum atomic E-state index is 0.600. The molecule has 1 aliphatic heterocycles. The van der Waals surface area contributed by atoms with Gasteiger partial charge in [0.05, 0.1) is 0 Å². The van der Waals surface area contributed by atoms with E-state index >= 15 is 0 Å². The summed E-state index contributed by atoms with van der Waals surface area (Å²) >= 11 is 0. The molecular formula is C18H33N3. The maximum atomic E-state index is 3.86. The van der Waals surface area contributed by atoms with Crippen molar-refractivity contribution in [2.45, 2.75) is 69.9 Å².